The number of aliphatic hydroxyl groups excluding tert-OH is 1. The van der Waals surface area contributed by atoms with Gasteiger partial charge in [-0.15, -0.1) is 0 Å². The first-order valence-electron chi connectivity index (χ1n) is 5.66. The lowest BCUT2D eigenvalue weighted by Crippen LogP contribution is -2.00. The highest BCUT2D eigenvalue weighted by atomic mass is 35.5. The van der Waals surface area contributed by atoms with Crippen LogP contribution < -0.4 is 11.1 Å². The number of nitrogen functional groups attached to an aromatic ring is 1. The summed E-state index contributed by atoms with van der Waals surface area (Å²) in [4.78, 5) is 0. The molecule has 0 fully saturated rings. The molecule has 4 heteroatoms. The monoisotopic (exact) mass is 262 g/mol. The topological polar surface area (TPSA) is 58.3 Å². The van der Waals surface area contributed by atoms with Gasteiger partial charge in [-0.1, -0.05) is 35.9 Å². The highest BCUT2D eigenvalue weighted by molar-refractivity contribution is 6.33. The number of nitrogens with two attached hydrogens (primary N) is 1. The van der Waals surface area contributed by atoms with Gasteiger partial charge in [0, 0.05) is 12.2 Å². The van der Waals surface area contributed by atoms with Crippen molar-refractivity contribution in [3.05, 3.63) is 58.6 Å². The molecule has 0 aliphatic heterocycles. The van der Waals surface area contributed by atoms with Gasteiger partial charge in [0.1, 0.15) is 0 Å². The van der Waals surface area contributed by atoms with E-state index < -0.39 is 0 Å². The molecule has 0 amide bonds. The van der Waals surface area contributed by atoms with Crippen LogP contribution in [-0.4, -0.2) is 5.11 Å². The minimum atomic E-state index is 0.0670. The van der Waals surface area contributed by atoms with Crippen molar-refractivity contribution in [1.29, 1.82) is 0 Å². The predicted octanol–water partition coefficient (Wildman–Crippen LogP) is 3.03. The number of halogens is 1. The van der Waals surface area contributed by atoms with E-state index in [1.165, 1.54) is 0 Å². The second-order valence-electron chi connectivity index (χ2n) is 4.07. The summed E-state index contributed by atoms with van der Waals surface area (Å²) in [6, 6.07) is 13.2. The molecular formula is C14H15ClN2O. The molecule has 2 aromatic carbocycles. The number of aliphatic hydroxyl groups is 1. The van der Waals surface area contributed by atoms with E-state index in [9.17, 15) is 0 Å². The normalized spacial score (nSPS) is 10.3. The van der Waals surface area contributed by atoms with Crippen LogP contribution in [0.2, 0.25) is 5.02 Å². The summed E-state index contributed by atoms with van der Waals surface area (Å²) in [5.74, 6) is 0. The fourth-order valence-corrected chi connectivity index (χ4v) is 1.89. The van der Waals surface area contributed by atoms with Gasteiger partial charge >= 0.3 is 0 Å². The molecule has 0 unspecified atom stereocenters. The SMILES string of the molecule is Nc1ccc(NCc2ccc(CO)cc2)c(Cl)c1. The zero-order chi connectivity index (χ0) is 13.0. The van der Waals surface area contributed by atoms with E-state index >= 15 is 0 Å². The van der Waals surface area contributed by atoms with Gasteiger partial charge in [-0.2, -0.15) is 0 Å². The molecule has 0 spiro atoms. The zero-order valence-corrected chi connectivity index (χ0v) is 10.6. The van der Waals surface area contributed by atoms with Gasteiger partial charge < -0.3 is 16.2 Å². The van der Waals surface area contributed by atoms with Crippen LogP contribution in [0.3, 0.4) is 0 Å². The van der Waals surface area contributed by atoms with E-state index in [2.05, 4.69) is 5.32 Å². The first-order valence-corrected chi connectivity index (χ1v) is 6.04. The minimum Gasteiger partial charge on any atom is -0.399 e. The van der Waals surface area contributed by atoms with Crippen molar-refractivity contribution in [2.75, 3.05) is 11.1 Å². The summed E-state index contributed by atoms with van der Waals surface area (Å²) in [5, 5.41) is 12.8. The Morgan fingerprint density at radius 1 is 1.06 bits per heavy atom. The Bertz CT molecular complexity index is 526. The molecule has 0 aromatic heterocycles. The van der Waals surface area contributed by atoms with Crippen LogP contribution in [0, 0.1) is 0 Å². The fraction of sp³-hybridized carbons (Fsp3) is 0.143. The molecule has 2 aromatic rings. The summed E-state index contributed by atoms with van der Waals surface area (Å²) in [6.07, 6.45) is 0. The second-order valence-corrected chi connectivity index (χ2v) is 4.47. The van der Waals surface area contributed by atoms with E-state index in [1.807, 2.05) is 36.4 Å². The van der Waals surface area contributed by atoms with Crippen molar-refractivity contribution in [2.45, 2.75) is 13.2 Å². The molecule has 2 rings (SSSR count). The Kier molecular flexibility index (Phi) is 4.07. The van der Waals surface area contributed by atoms with Crippen molar-refractivity contribution >= 4 is 23.0 Å². The number of hydrogen-bond acceptors (Lipinski definition) is 3. The maximum atomic E-state index is 8.95. The van der Waals surface area contributed by atoms with E-state index in [4.69, 9.17) is 22.4 Å². The molecule has 18 heavy (non-hydrogen) atoms. The van der Waals surface area contributed by atoms with Crippen LogP contribution in [0.1, 0.15) is 11.1 Å². The first-order chi connectivity index (χ1) is 8.69. The maximum absolute atomic E-state index is 8.95. The molecule has 94 valence electrons. The summed E-state index contributed by atoms with van der Waals surface area (Å²) in [6.45, 7) is 0.743. The van der Waals surface area contributed by atoms with E-state index in [-0.39, 0.29) is 6.61 Å². The van der Waals surface area contributed by atoms with Crippen LogP contribution in [0.5, 0.6) is 0 Å². The minimum absolute atomic E-state index is 0.0670. The quantitative estimate of drug-likeness (QED) is 0.743. The van der Waals surface area contributed by atoms with Crippen LogP contribution >= 0.6 is 11.6 Å². The third kappa shape index (κ3) is 3.15. The smallest absolute Gasteiger partial charge is 0.0681 e. The highest BCUT2D eigenvalue weighted by Crippen LogP contribution is 2.24. The first kappa shape index (κ1) is 12.7. The van der Waals surface area contributed by atoms with Gasteiger partial charge in [-0.05, 0) is 29.3 Å². The van der Waals surface area contributed by atoms with Gasteiger partial charge in [0.2, 0.25) is 0 Å². The lowest BCUT2D eigenvalue weighted by atomic mass is 10.1. The van der Waals surface area contributed by atoms with E-state index in [0.717, 1.165) is 16.8 Å². The van der Waals surface area contributed by atoms with Gasteiger partial charge in [0.05, 0.1) is 17.3 Å². The molecule has 0 saturated heterocycles. The van der Waals surface area contributed by atoms with Crippen molar-refractivity contribution in [3.8, 4) is 0 Å². The Hall–Kier alpha value is -1.71. The lowest BCUT2D eigenvalue weighted by molar-refractivity contribution is 0.282. The number of hydrogen-bond donors (Lipinski definition) is 3. The predicted molar refractivity (Wildman–Crippen MR) is 75.6 cm³/mol. The average Bonchev–Trinajstić information content (AvgIpc) is 2.38. The third-order valence-corrected chi connectivity index (χ3v) is 2.99. The molecule has 0 heterocycles. The van der Waals surface area contributed by atoms with Crippen molar-refractivity contribution in [1.82, 2.24) is 0 Å². The molecule has 0 saturated carbocycles. The number of benzene rings is 2. The van der Waals surface area contributed by atoms with Crippen LogP contribution in [0.4, 0.5) is 11.4 Å². The van der Waals surface area contributed by atoms with Crippen LogP contribution in [0.15, 0.2) is 42.5 Å². The van der Waals surface area contributed by atoms with Crippen LogP contribution in [-0.2, 0) is 13.2 Å². The number of nitrogens with one attached hydrogen (secondary N) is 1. The summed E-state index contributed by atoms with van der Waals surface area (Å²) >= 11 is 6.07. The number of anilines is 2. The molecule has 4 N–H and O–H groups in total. The fourth-order valence-electron chi connectivity index (χ4n) is 1.63. The average molecular weight is 263 g/mol. The van der Waals surface area contributed by atoms with Gasteiger partial charge in [0.15, 0.2) is 0 Å². The Morgan fingerprint density at radius 3 is 2.33 bits per heavy atom. The molecule has 0 aliphatic carbocycles. The van der Waals surface area contributed by atoms with Gasteiger partial charge in [-0.25, -0.2) is 0 Å². The lowest BCUT2D eigenvalue weighted by Gasteiger charge is -2.09. The molecule has 0 radical (unpaired) electrons. The maximum Gasteiger partial charge on any atom is 0.0681 e. The van der Waals surface area contributed by atoms with Gasteiger partial charge in [0.25, 0.3) is 0 Å². The second kappa shape index (κ2) is 5.76. The highest BCUT2D eigenvalue weighted by Gasteiger charge is 2.00. The Labute approximate surface area is 111 Å². The standard InChI is InChI=1S/C14H15ClN2O/c15-13-7-12(16)5-6-14(13)17-8-10-1-3-11(9-18)4-2-10/h1-7,17-18H,8-9,16H2. The Balaban J connectivity index is 2.02. The van der Waals surface area contributed by atoms with Gasteiger partial charge in [-0.3, -0.25) is 0 Å². The zero-order valence-electron chi connectivity index (χ0n) is 9.86. The molecular weight excluding hydrogens is 248 g/mol. The largest absolute Gasteiger partial charge is 0.399 e. The summed E-state index contributed by atoms with van der Waals surface area (Å²) in [7, 11) is 0. The van der Waals surface area contributed by atoms with Crippen molar-refractivity contribution < 1.29 is 5.11 Å². The third-order valence-electron chi connectivity index (χ3n) is 2.68. The van der Waals surface area contributed by atoms with Crippen molar-refractivity contribution in [2.24, 2.45) is 0 Å². The summed E-state index contributed by atoms with van der Waals surface area (Å²) < 4.78 is 0. The van der Waals surface area contributed by atoms with E-state index in [1.54, 1.807) is 6.07 Å². The molecule has 0 atom stereocenters. The Morgan fingerprint density at radius 2 is 1.72 bits per heavy atom. The van der Waals surface area contributed by atoms with Crippen LogP contribution in [0.25, 0.3) is 0 Å². The molecule has 0 aliphatic rings. The number of rotatable bonds is 4. The van der Waals surface area contributed by atoms with Crippen molar-refractivity contribution in [3.63, 3.8) is 0 Å². The molecule has 0 bridgehead atoms. The molecule has 3 nitrogen and oxygen atoms in total. The summed E-state index contributed by atoms with van der Waals surface area (Å²) in [5.41, 5.74) is 9.17. The van der Waals surface area contributed by atoms with E-state index in [0.29, 0.717) is 17.3 Å².